The van der Waals surface area contributed by atoms with E-state index in [0.29, 0.717) is 72.7 Å². The molecule has 0 saturated carbocycles. The van der Waals surface area contributed by atoms with Crippen LogP contribution in [0.15, 0.2) is 91.3 Å². The van der Waals surface area contributed by atoms with Crippen molar-refractivity contribution in [3.8, 4) is 0 Å². The Balaban J connectivity index is 1.14. The molecule has 0 bridgehead atoms. The van der Waals surface area contributed by atoms with Gasteiger partial charge in [0, 0.05) is 66.4 Å². The molecule has 0 aliphatic carbocycles. The molecule has 3 aromatic carbocycles. The zero-order chi connectivity index (χ0) is 76.2. The number of rotatable bonds is 43. The number of carbonyl (C=O) groups excluding carboxylic acids is 11. The van der Waals surface area contributed by atoms with Gasteiger partial charge in [-0.25, -0.2) is 4.79 Å². The molecule has 104 heavy (non-hydrogen) atoms. The van der Waals surface area contributed by atoms with Crippen LogP contribution in [0.5, 0.6) is 0 Å². The second-order valence-corrected chi connectivity index (χ2v) is 26.6. The zero-order valence-electron chi connectivity index (χ0n) is 59.4. The van der Waals surface area contributed by atoms with Gasteiger partial charge in [-0.05, 0) is 118 Å². The summed E-state index contributed by atoms with van der Waals surface area (Å²) in [5.41, 5.74) is 20.6. The maximum atomic E-state index is 14.7. The Hall–Kier alpha value is -10.3. The highest BCUT2D eigenvalue weighted by molar-refractivity contribution is 6.00. The molecular weight excluding hydrogens is 1340 g/mol. The van der Waals surface area contributed by atoms with Gasteiger partial charge in [0.15, 0.2) is 0 Å². The van der Waals surface area contributed by atoms with Gasteiger partial charge in [-0.15, -0.1) is 0 Å². The Morgan fingerprint density at radius 3 is 1.56 bits per heavy atom. The van der Waals surface area contributed by atoms with Crippen molar-refractivity contribution in [2.24, 2.45) is 29.0 Å². The molecule has 566 valence electrons. The molecule has 1 aliphatic heterocycles. The average Bonchev–Trinajstić information content (AvgIpc) is 1.61. The molecular formula is C72H102N16O16. The van der Waals surface area contributed by atoms with Crippen molar-refractivity contribution >= 4 is 98.7 Å². The second kappa shape index (κ2) is 41.1. The molecule has 32 heteroatoms. The van der Waals surface area contributed by atoms with Gasteiger partial charge in [-0.1, -0.05) is 101 Å². The lowest BCUT2D eigenvalue weighted by Gasteiger charge is -2.31. The van der Waals surface area contributed by atoms with Gasteiger partial charge in [-0.2, -0.15) is 0 Å². The zero-order valence-corrected chi connectivity index (χ0v) is 59.4. The number of unbranched alkanes of at least 4 members (excludes halogenated alkanes) is 2. The molecule has 1 saturated heterocycles. The molecule has 0 radical (unpaired) electrons. The van der Waals surface area contributed by atoms with Crippen molar-refractivity contribution in [2.45, 2.75) is 191 Å². The van der Waals surface area contributed by atoms with Gasteiger partial charge >= 0.3 is 11.9 Å². The van der Waals surface area contributed by atoms with E-state index in [-0.39, 0.29) is 58.0 Å². The number of hydrogen-bond acceptors (Lipinski definition) is 17. The first-order chi connectivity index (χ1) is 49.6. The first kappa shape index (κ1) is 82.6. The summed E-state index contributed by atoms with van der Waals surface area (Å²) >= 11 is 0. The Labute approximate surface area is 602 Å². The van der Waals surface area contributed by atoms with E-state index in [0.717, 1.165) is 10.9 Å². The molecule has 21 N–H and O–H groups in total. The third-order valence-corrected chi connectivity index (χ3v) is 18.3. The Morgan fingerprint density at radius 2 is 1.01 bits per heavy atom. The number of nitrogens with zero attached hydrogens (tertiary/aromatic N) is 1. The van der Waals surface area contributed by atoms with Crippen LogP contribution >= 0.6 is 0 Å². The van der Waals surface area contributed by atoms with Crippen LogP contribution in [0.2, 0.25) is 0 Å². The summed E-state index contributed by atoms with van der Waals surface area (Å²) in [6.07, 6.45) is 3.39. The fourth-order valence-corrected chi connectivity index (χ4v) is 12.2. The highest BCUT2D eigenvalue weighted by Crippen LogP contribution is 2.24. The van der Waals surface area contributed by atoms with Crippen LogP contribution in [-0.2, 0) is 81.6 Å². The van der Waals surface area contributed by atoms with Crippen LogP contribution in [0.3, 0.4) is 0 Å². The van der Waals surface area contributed by atoms with Gasteiger partial charge < -0.3 is 101 Å². The van der Waals surface area contributed by atoms with Crippen LogP contribution in [0.25, 0.3) is 21.8 Å². The molecule has 0 unspecified atom stereocenters. The fourth-order valence-electron chi connectivity index (χ4n) is 12.2. The van der Waals surface area contributed by atoms with Crippen LogP contribution in [0.4, 0.5) is 0 Å². The number of para-hydroxylation sites is 2. The highest BCUT2D eigenvalue weighted by atomic mass is 16.4. The van der Waals surface area contributed by atoms with E-state index in [1.165, 1.54) is 11.8 Å². The monoisotopic (exact) mass is 1450 g/mol. The minimum Gasteiger partial charge on any atom is -0.481 e. The molecule has 6 rings (SSSR count). The molecule has 12 atom stereocenters. The summed E-state index contributed by atoms with van der Waals surface area (Å²) in [7, 11) is 0. The lowest BCUT2D eigenvalue weighted by molar-refractivity contribution is -0.143. The van der Waals surface area contributed by atoms with Crippen molar-refractivity contribution in [1.82, 2.24) is 68.0 Å². The smallest absolute Gasteiger partial charge is 0.326 e. The van der Waals surface area contributed by atoms with E-state index >= 15 is 0 Å². The number of aromatic nitrogens is 2. The normalized spacial score (nSPS) is 16.0. The molecule has 1 fully saturated rings. The minimum atomic E-state index is -1.72. The standard InChI is InChI=1S/C72H102N16O16/c1-6-41(4)61(69(100)82-52(72(103)104)26-15-17-31-74)86-70(101)62(42(5)89)87-67(98)55(35-45-37-77-50-24-13-11-22-47(45)50)84-65(96)51(25-14-16-30-73)80-57(90)39-79-68(99)56-27-18-32-88(56)71(102)60(40(2)3)85-66(97)54(34-44-36-76-49-23-12-10-21-46(44)49)81-58(91)38-78-64(95)53(33-43-19-8-7-9-20-43)83-63(94)48(75)28-29-59(92)93/h7-13,19-24,36-37,40-42,48,51-56,60-62,76-77,89H,6,14-18,25-35,38-39,73-75H2,1-5H3,(H,78,95)(H,79,99)(H,80,90)(H,81,91)(H,82,100)(H,83,94)(H,84,96)(H,85,97)(H,86,101)(H,87,98)(H,92,93)(H,103,104)/t41-,42+,48-,51-,52-,53-,54-,55-,56+,60-,61-,62-/m0/s1. The number of likely N-dealkylation sites (tertiary alicyclic amines) is 1. The van der Waals surface area contributed by atoms with Crippen LogP contribution in [0.1, 0.15) is 122 Å². The number of H-pyrrole nitrogens is 2. The molecule has 32 nitrogen and oxygen atoms in total. The molecule has 1 aliphatic rings. The molecule has 5 aromatic rings. The third kappa shape index (κ3) is 24.7. The summed E-state index contributed by atoms with van der Waals surface area (Å²) in [6, 6.07) is 9.59. The average molecular weight is 1450 g/mol. The van der Waals surface area contributed by atoms with Crippen molar-refractivity contribution < 1.29 is 77.6 Å². The van der Waals surface area contributed by atoms with Crippen molar-refractivity contribution in [3.05, 3.63) is 108 Å². The maximum Gasteiger partial charge on any atom is 0.326 e. The minimum absolute atomic E-state index is 0.000131. The van der Waals surface area contributed by atoms with E-state index in [9.17, 15) is 72.5 Å². The summed E-state index contributed by atoms with van der Waals surface area (Å²) < 4.78 is 0. The number of benzene rings is 3. The number of nitrogens with one attached hydrogen (secondary N) is 12. The highest BCUT2D eigenvalue weighted by Gasteiger charge is 2.41. The van der Waals surface area contributed by atoms with Gasteiger partial charge in [0.05, 0.1) is 25.2 Å². The van der Waals surface area contributed by atoms with Crippen molar-refractivity contribution in [2.75, 3.05) is 32.7 Å². The first-order valence-electron chi connectivity index (χ1n) is 35.3. The number of carbonyl (C=O) groups is 13. The SMILES string of the molecule is CC[C@H](C)[C@H](NC(=O)[C@@H](NC(=O)[C@H](Cc1c[nH]c2ccccc12)NC(=O)[C@H](CCCCN)NC(=O)CNC(=O)[C@H]1CCCN1C(=O)[C@@H](NC(=O)[C@H](Cc1c[nH]c2ccccc12)NC(=O)CNC(=O)[C@H](Cc1ccccc1)NC(=O)[C@@H](N)CCC(=O)O)C(C)C)[C@@H](C)O)C(=O)N[C@@H](CCCCN)C(=O)O. The summed E-state index contributed by atoms with van der Waals surface area (Å²) in [5.74, 6) is -12.6. The number of carboxylic acid groups (broad SMARTS) is 2. The van der Waals surface area contributed by atoms with Gasteiger partial charge in [0.1, 0.15) is 54.4 Å². The number of aliphatic carboxylic acids is 2. The van der Waals surface area contributed by atoms with E-state index in [1.54, 1.807) is 101 Å². The lowest BCUT2D eigenvalue weighted by Crippen LogP contribution is -2.62. The summed E-state index contributed by atoms with van der Waals surface area (Å²) in [4.78, 5) is 186. The number of aliphatic hydroxyl groups excluding tert-OH is 1. The van der Waals surface area contributed by atoms with E-state index < -0.39 is 175 Å². The van der Waals surface area contributed by atoms with E-state index in [2.05, 4.69) is 63.1 Å². The number of fused-ring (bicyclic) bond motifs is 2. The van der Waals surface area contributed by atoms with Gasteiger partial charge in [0.25, 0.3) is 0 Å². The number of aromatic amines is 2. The van der Waals surface area contributed by atoms with Gasteiger partial charge in [0.2, 0.25) is 65.0 Å². The lowest BCUT2D eigenvalue weighted by atomic mass is 9.96. The molecule has 11 amide bonds. The molecule has 2 aromatic heterocycles. The largest absolute Gasteiger partial charge is 0.481 e. The maximum absolute atomic E-state index is 14.7. The van der Waals surface area contributed by atoms with E-state index in [1.807, 2.05) is 18.2 Å². The Morgan fingerprint density at radius 1 is 0.529 bits per heavy atom. The Bertz CT molecular complexity index is 3770. The number of amides is 11. The number of nitrogens with two attached hydrogens (primary N) is 3. The molecule has 0 spiro atoms. The predicted molar refractivity (Wildman–Crippen MR) is 385 cm³/mol. The summed E-state index contributed by atoms with van der Waals surface area (Å²) in [5, 5.41) is 57.7. The third-order valence-electron chi connectivity index (χ3n) is 18.3. The van der Waals surface area contributed by atoms with Gasteiger partial charge in [-0.3, -0.25) is 57.5 Å². The number of carboxylic acids is 2. The van der Waals surface area contributed by atoms with Crippen molar-refractivity contribution in [3.63, 3.8) is 0 Å². The second-order valence-electron chi connectivity index (χ2n) is 26.6. The Kier molecular flexibility index (Phi) is 32.7. The first-order valence-corrected chi connectivity index (χ1v) is 35.3. The van der Waals surface area contributed by atoms with Crippen LogP contribution in [0, 0.1) is 11.8 Å². The summed E-state index contributed by atoms with van der Waals surface area (Å²) in [6.45, 7) is 7.25. The fraction of sp³-hybridized carbons (Fsp3) is 0.514. The number of aliphatic hydroxyl groups is 1. The van der Waals surface area contributed by atoms with Crippen molar-refractivity contribution in [1.29, 1.82) is 0 Å². The quantitative estimate of drug-likeness (QED) is 0.0217. The topological polar surface area (TPSA) is 516 Å². The van der Waals surface area contributed by atoms with Crippen LogP contribution in [-0.4, -0.2) is 206 Å². The van der Waals surface area contributed by atoms with E-state index in [4.69, 9.17) is 22.3 Å². The number of hydrogen-bond donors (Lipinski definition) is 18. The molecule has 3 heterocycles. The predicted octanol–water partition coefficient (Wildman–Crippen LogP) is -0.604. The van der Waals surface area contributed by atoms with Crippen LogP contribution < -0.4 is 70.4 Å².